The van der Waals surface area contributed by atoms with Crippen LogP contribution in [-0.4, -0.2) is 23.0 Å². The molecule has 0 aliphatic carbocycles. The normalized spacial score (nSPS) is 14.2. The molecule has 0 saturated heterocycles. The number of fused-ring (bicyclic) bond motifs is 1. The van der Waals surface area contributed by atoms with Crippen molar-refractivity contribution in [3.63, 3.8) is 0 Å². The number of carbonyl (C=O) groups excluding carboxylic acids is 1. The maximum absolute atomic E-state index is 15.3. The maximum atomic E-state index is 15.3. The summed E-state index contributed by atoms with van der Waals surface area (Å²) in [7, 11) is 0. The number of rotatable bonds is 5. The van der Waals surface area contributed by atoms with Gasteiger partial charge < -0.3 is 9.47 Å². The summed E-state index contributed by atoms with van der Waals surface area (Å²) < 4.78 is 27.6. The molecule has 0 spiro atoms. The SMILES string of the molecule is CCc1cc2cc(C)c([C@H](OC(C)(C)C)C(C)=O)c(-c3ccc4c5c(ccnc35)CCO4)c2cc1F. The third-order valence-electron chi connectivity index (χ3n) is 6.88. The standard InChI is InChI=1S/C31H32FNO3/c1-7-19-15-21-14-17(2)26(30(18(3)34)36-31(4,5)6)28(23(21)16-24(19)32)22-8-9-25-27-20(11-13-35-25)10-12-33-29(22)27/h8-10,12,14-16,30H,7,11,13H2,1-6H3/t30-/m1/s1. The second kappa shape index (κ2) is 8.97. The van der Waals surface area contributed by atoms with Gasteiger partial charge >= 0.3 is 0 Å². The van der Waals surface area contributed by atoms with Gasteiger partial charge in [-0.1, -0.05) is 13.0 Å². The minimum Gasteiger partial charge on any atom is -0.493 e. The number of ether oxygens (including phenoxy) is 2. The van der Waals surface area contributed by atoms with Crippen LogP contribution < -0.4 is 4.74 Å². The van der Waals surface area contributed by atoms with Crippen molar-refractivity contribution < 1.29 is 18.7 Å². The highest BCUT2D eigenvalue weighted by Crippen LogP contribution is 2.45. The van der Waals surface area contributed by atoms with Crippen molar-refractivity contribution in [1.82, 2.24) is 4.98 Å². The highest BCUT2D eigenvalue weighted by atomic mass is 19.1. The molecule has 0 amide bonds. The lowest BCUT2D eigenvalue weighted by Crippen LogP contribution is -2.27. The van der Waals surface area contributed by atoms with Gasteiger partial charge in [0.1, 0.15) is 17.7 Å². The molecule has 0 radical (unpaired) electrons. The van der Waals surface area contributed by atoms with Crippen molar-refractivity contribution in [1.29, 1.82) is 0 Å². The first kappa shape index (κ1) is 24.4. The lowest BCUT2D eigenvalue weighted by Gasteiger charge is -2.30. The number of halogens is 1. The summed E-state index contributed by atoms with van der Waals surface area (Å²) in [6, 6.07) is 11.5. The van der Waals surface area contributed by atoms with E-state index in [0.717, 1.165) is 56.1 Å². The minimum atomic E-state index is -0.805. The quantitative estimate of drug-likeness (QED) is 0.295. The number of aryl methyl sites for hydroxylation is 2. The van der Waals surface area contributed by atoms with Crippen molar-refractivity contribution in [3.8, 4) is 16.9 Å². The molecule has 3 aromatic carbocycles. The molecule has 2 heterocycles. The van der Waals surface area contributed by atoms with E-state index >= 15 is 4.39 Å². The predicted octanol–water partition coefficient (Wildman–Crippen LogP) is 7.45. The molecule has 1 aromatic heterocycles. The van der Waals surface area contributed by atoms with Gasteiger partial charge in [-0.05, 0) is 110 Å². The van der Waals surface area contributed by atoms with E-state index in [1.165, 1.54) is 5.56 Å². The molecule has 0 N–H and O–H groups in total. The van der Waals surface area contributed by atoms with Crippen LogP contribution in [-0.2, 0) is 22.4 Å². The van der Waals surface area contributed by atoms with Gasteiger partial charge in [0, 0.05) is 23.6 Å². The van der Waals surface area contributed by atoms with Crippen LogP contribution >= 0.6 is 0 Å². The van der Waals surface area contributed by atoms with Crippen LogP contribution in [0.2, 0.25) is 0 Å². The van der Waals surface area contributed by atoms with Gasteiger partial charge in [0.15, 0.2) is 5.78 Å². The first-order chi connectivity index (χ1) is 17.1. The van der Waals surface area contributed by atoms with Crippen LogP contribution in [0.25, 0.3) is 32.8 Å². The van der Waals surface area contributed by atoms with E-state index in [-0.39, 0.29) is 11.6 Å². The van der Waals surface area contributed by atoms with E-state index in [1.807, 2.05) is 71.1 Å². The second-order valence-electron chi connectivity index (χ2n) is 10.6. The zero-order valence-electron chi connectivity index (χ0n) is 21.8. The Labute approximate surface area is 211 Å². The third kappa shape index (κ3) is 4.16. The zero-order chi connectivity index (χ0) is 25.8. The van der Waals surface area contributed by atoms with Gasteiger partial charge in [-0.25, -0.2) is 4.39 Å². The summed E-state index contributed by atoms with van der Waals surface area (Å²) in [5, 5.41) is 2.65. The molecule has 0 bridgehead atoms. The summed E-state index contributed by atoms with van der Waals surface area (Å²) >= 11 is 0. The lowest BCUT2D eigenvalue weighted by atomic mass is 9.84. The summed E-state index contributed by atoms with van der Waals surface area (Å²) in [6.07, 6.45) is 2.41. The highest BCUT2D eigenvalue weighted by molar-refractivity contribution is 6.09. The zero-order valence-corrected chi connectivity index (χ0v) is 21.8. The Balaban J connectivity index is 1.94. The van der Waals surface area contributed by atoms with Crippen LogP contribution in [0, 0.1) is 12.7 Å². The molecule has 1 aliphatic rings. The number of ketones is 1. The fourth-order valence-corrected chi connectivity index (χ4v) is 5.33. The summed E-state index contributed by atoms with van der Waals surface area (Å²) in [5.74, 6) is 0.449. The van der Waals surface area contributed by atoms with Crippen molar-refractivity contribution in [2.75, 3.05) is 6.61 Å². The summed E-state index contributed by atoms with van der Waals surface area (Å²) in [4.78, 5) is 17.8. The van der Waals surface area contributed by atoms with Gasteiger partial charge in [-0.15, -0.1) is 0 Å². The number of nitrogens with zero attached hydrogens (tertiary/aromatic N) is 1. The maximum Gasteiger partial charge on any atom is 0.163 e. The molecule has 1 aliphatic heterocycles. The van der Waals surface area contributed by atoms with E-state index < -0.39 is 11.7 Å². The first-order valence-electron chi connectivity index (χ1n) is 12.6. The number of benzene rings is 3. The molecule has 5 rings (SSSR count). The van der Waals surface area contributed by atoms with Gasteiger partial charge in [0.05, 0.1) is 17.7 Å². The minimum absolute atomic E-state index is 0.0988. The molecular weight excluding hydrogens is 453 g/mol. The average molecular weight is 486 g/mol. The van der Waals surface area contributed by atoms with E-state index in [1.54, 1.807) is 13.0 Å². The van der Waals surface area contributed by atoms with Crippen LogP contribution in [0.4, 0.5) is 4.39 Å². The van der Waals surface area contributed by atoms with Crippen molar-refractivity contribution in [2.45, 2.75) is 66.1 Å². The van der Waals surface area contributed by atoms with Gasteiger partial charge in [0.2, 0.25) is 0 Å². The number of Topliss-reactive ketones (excluding diaryl/α,β-unsaturated/α-hetero) is 1. The molecule has 0 fully saturated rings. The molecule has 5 heteroatoms. The van der Waals surface area contributed by atoms with E-state index in [4.69, 9.17) is 14.5 Å². The number of aromatic nitrogens is 1. The second-order valence-corrected chi connectivity index (χ2v) is 10.6. The molecule has 0 unspecified atom stereocenters. The van der Waals surface area contributed by atoms with Crippen LogP contribution in [0.15, 0.2) is 42.6 Å². The molecule has 4 nitrogen and oxygen atoms in total. The molecule has 4 aromatic rings. The topological polar surface area (TPSA) is 48.4 Å². The van der Waals surface area contributed by atoms with Crippen LogP contribution in [0.5, 0.6) is 5.75 Å². The fourth-order valence-electron chi connectivity index (χ4n) is 5.33. The van der Waals surface area contributed by atoms with Crippen molar-refractivity contribution >= 4 is 27.5 Å². The van der Waals surface area contributed by atoms with E-state index in [9.17, 15) is 4.79 Å². The Morgan fingerprint density at radius 1 is 1.19 bits per heavy atom. The molecule has 36 heavy (non-hydrogen) atoms. The lowest BCUT2D eigenvalue weighted by molar-refractivity contribution is -0.138. The van der Waals surface area contributed by atoms with Crippen LogP contribution in [0.3, 0.4) is 0 Å². The number of hydrogen-bond acceptors (Lipinski definition) is 4. The largest absolute Gasteiger partial charge is 0.493 e. The molecule has 0 saturated carbocycles. The number of pyridine rings is 1. The Bertz CT molecular complexity index is 1510. The van der Waals surface area contributed by atoms with Gasteiger partial charge in [-0.3, -0.25) is 9.78 Å². The number of carbonyl (C=O) groups is 1. The monoisotopic (exact) mass is 485 g/mol. The predicted molar refractivity (Wildman–Crippen MR) is 142 cm³/mol. The van der Waals surface area contributed by atoms with E-state index in [2.05, 4.69) is 0 Å². The van der Waals surface area contributed by atoms with E-state index in [0.29, 0.717) is 18.6 Å². The Morgan fingerprint density at radius 3 is 2.67 bits per heavy atom. The van der Waals surface area contributed by atoms with Gasteiger partial charge in [-0.2, -0.15) is 0 Å². The third-order valence-corrected chi connectivity index (χ3v) is 6.88. The van der Waals surface area contributed by atoms with Crippen LogP contribution in [0.1, 0.15) is 63.0 Å². The highest BCUT2D eigenvalue weighted by Gasteiger charge is 2.31. The molecule has 1 atom stereocenters. The average Bonchev–Trinajstić information content (AvgIpc) is 2.82. The van der Waals surface area contributed by atoms with Crippen molar-refractivity contribution in [2.24, 2.45) is 0 Å². The summed E-state index contributed by atoms with van der Waals surface area (Å²) in [6.45, 7) is 11.9. The summed E-state index contributed by atoms with van der Waals surface area (Å²) in [5.41, 5.74) is 5.39. The Kier molecular flexibility index (Phi) is 6.08. The Hall–Kier alpha value is -3.31. The Morgan fingerprint density at radius 2 is 1.97 bits per heavy atom. The molecular formula is C31H32FNO3. The van der Waals surface area contributed by atoms with Crippen molar-refractivity contribution in [3.05, 3.63) is 70.7 Å². The number of hydrogen-bond donors (Lipinski definition) is 0. The van der Waals surface area contributed by atoms with Gasteiger partial charge in [0.25, 0.3) is 0 Å². The first-order valence-corrected chi connectivity index (χ1v) is 12.6. The fraction of sp³-hybridized carbons (Fsp3) is 0.355. The smallest absolute Gasteiger partial charge is 0.163 e. The molecule has 186 valence electrons.